The van der Waals surface area contributed by atoms with Gasteiger partial charge in [-0.2, -0.15) is 0 Å². The molecule has 3 unspecified atom stereocenters. The molecule has 0 aromatic heterocycles. The van der Waals surface area contributed by atoms with E-state index >= 15 is 0 Å². The number of aliphatic hydroxyl groups excluding tert-OH is 1. The minimum Gasteiger partial charge on any atom is -0.459 e. The van der Waals surface area contributed by atoms with E-state index in [0.717, 1.165) is 6.42 Å². The lowest BCUT2D eigenvalue weighted by molar-refractivity contribution is -0.147. The first-order valence-corrected chi connectivity index (χ1v) is 4.94. The Balaban J connectivity index is 4.24. The van der Waals surface area contributed by atoms with E-state index in [1.54, 1.807) is 20.8 Å². The van der Waals surface area contributed by atoms with Crippen molar-refractivity contribution in [2.24, 2.45) is 5.92 Å². The molecule has 1 N–H and O–H groups in total. The van der Waals surface area contributed by atoms with Crippen LogP contribution in [0.1, 0.15) is 34.1 Å². The van der Waals surface area contributed by atoms with Crippen LogP contribution in [0.5, 0.6) is 0 Å². The van der Waals surface area contributed by atoms with Crippen molar-refractivity contribution >= 4 is 5.97 Å². The molecule has 0 aromatic rings. The van der Waals surface area contributed by atoms with Crippen molar-refractivity contribution < 1.29 is 14.6 Å². The second-order valence-corrected chi connectivity index (χ2v) is 3.70. The second-order valence-electron chi connectivity index (χ2n) is 3.70. The molecule has 0 amide bonds. The van der Waals surface area contributed by atoms with Gasteiger partial charge in [0, 0.05) is 11.5 Å². The van der Waals surface area contributed by atoms with Gasteiger partial charge >= 0.3 is 5.97 Å². The largest absolute Gasteiger partial charge is 0.459 e. The minimum absolute atomic E-state index is 0.0155. The molecule has 0 aromatic carbocycles. The summed E-state index contributed by atoms with van der Waals surface area (Å²) in [5.41, 5.74) is 0.386. The molecule has 0 aliphatic rings. The van der Waals surface area contributed by atoms with Crippen LogP contribution in [0.25, 0.3) is 0 Å². The molecule has 0 bridgehead atoms. The Bertz CT molecular complexity index is 209. The molecule has 0 saturated heterocycles. The topological polar surface area (TPSA) is 46.5 Å². The highest BCUT2D eigenvalue weighted by Gasteiger charge is 2.23. The van der Waals surface area contributed by atoms with Crippen LogP contribution in [0, 0.1) is 5.92 Å². The van der Waals surface area contributed by atoms with Gasteiger partial charge in [0.05, 0.1) is 6.10 Å². The highest BCUT2D eigenvalue weighted by atomic mass is 16.5. The number of hydrogen-bond donors (Lipinski definition) is 1. The molecule has 0 spiro atoms. The van der Waals surface area contributed by atoms with Crippen molar-refractivity contribution in [3.8, 4) is 0 Å². The summed E-state index contributed by atoms with van der Waals surface area (Å²) in [5, 5.41) is 9.42. The lowest BCUT2D eigenvalue weighted by Crippen LogP contribution is -2.31. The van der Waals surface area contributed by atoms with Gasteiger partial charge in [0.15, 0.2) is 0 Å². The fourth-order valence-electron chi connectivity index (χ4n) is 1.42. The monoisotopic (exact) mass is 200 g/mol. The Morgan fingerprint density at radius 3 is 2.29 bits per heavy atom. The first kappa shape index (κ1) is 13.2. The molecule has 0 heterocycles. The Kier molecular flexibility index (Phi) is 5.46. The molecule has 3 atom stereocenters. The third-order valence-electron chi connectivity index (χ3n) is 2.34. The Morgan fingerprint density at radius 1 is 1.50 bits per heavy atom. The molecule has 14 heavy (non-hydrogen) atoms. The number of esters is 1. The van der Waals surface area contributed by atoms with Gasteiger partial charge in [-0.25, -0.2) is 4.79 Å². The van der Waals surface area contributed by atoms with E-state index in [-0.39, 0.29) is 12.0 Å². The minimum atomic E-state index is -0.465. The molecule has 0 aliphatic heterocycles. The number of aliphatic hydroxyl groups is 1. The average Bonchev–Trinajstić information content (AvgIpc) is 2.04. The van der Waals surface area contributed by atoms with Crippen molar-refractivity contribution in [3.63, 3.8) is 0 Å². The fourth-order valence-corrected chi connectivity index (χ4v) is 1.42. The normalized spacial score (nSPS) is 16.9. The summed E-state index contributed by atoms with van der Waals surface area (Å²) in [4.78, 5) is 11.2. The predicted molar refractivity (Wildman–Crippen MR) is 55.8 cm³/mol. The van der Waals surface area contributed by atoms with Crippen LogP contribution in [-0.4, -0.2) is 23.3 Å². The molecule has 0 radical (unpaired) electrons. The van der Waals surface area contributed by atoms with Crippen LogP contribution < -0.4 is 0 Å². The first-order valence-electron chi connectivity index (χ1n) is 4.94. The third kappa shape index (κ3) is 3.92. The predicted octanol–water partition coefficient (Wildman–Crippen LogP) is 1.90. The smallest absolute Gasteiger partial charge is 0.333 e. The second kappa shape index (κ2) is 5.81. The summed E-state index contributed by atoms with van der Waals surface area (Å²) in [6.07, 6.45) is 0.0413. The Labute approximate surface area is 85.8 Å². The van der Waals surface area contributed by atoms with Crippen LogP contribution >= 0.6 is 0 Å². The van der Waals surface area contributed by atoms with Crippen molar-refractivity contribution in [2.75, 3.05) is 0 Å². The summed E-state index contributed by atoms with van der Waals surface area (Å²) in [6.45, 7) is 10.6. The van der Waals surface area contributed by atoms with E-state index < -0.39 is 12.1 Å². The maximum absolute atomic E-state index is 11.2. The van der Waals surface area contributed by atoms with Gasteiger partial charge in [-0.05, 0) is 27.2 Å². The molecule has 0 aliphatic carbocycles. The van der Waals surface area contributed by atoms with Crippen LogP contribution in [-0.2, 0) is 9.53 Å². The molecule has 0 rings (SSSR count). The standard InChI is InChI=1S/C11H20O3/c1-6-10(8(4)12)9(5)14-11(13)7(2)3/h8-10,12H,2,6H2,1,3-5H3. The van der Waals surface area contributed by atoms with E-state index in [0.29, 0.717) is 5.57 Å². The van der Waals surface area contributed by atoms with E-state index in [9.17, 15) is 9.90 Å². The zero-order chi connectivity index (χ0) is 11.3. The number of carbonyl (C=O) groups is 1. The van der Waals surface area contributed by atoms with Crippen molar-refractivity contribution in [2.45, 2.75) is 46.3 Å². The highest BCUT2D eigenvalue weighted by molar-refractivity contribution is 5.87. The van der Waals surface area contributed by atoms with E-state index in [1.165, 1.54) is 0 Å². The Hall–Kier alpha value is -0.830. The quantitative estimate of drug-likeness (QED) is 0.544. The molecule has 82 valence electrons. The summed E-state index contributed by atoms with van der Waals surface area (Å²) in [7, 11) is 0. The van der Waals surface area contributed by atoms with E-state index in [4.69, 9.17) is 4.74 Å². The molecule has 0 fully saturated rings. The zero-order valence-electron chi connectivity index (χ0n) is 9.41. The lowest BCUT2D eigenvalue weighted by atomic mass is 9.95. The summed E-state index contributed by atoms with van der Waals surface area (Å²) in [6, 6.07) is 0. The van der Waals surface area contributed by atoms with Gasteiger partial charge in [0.1, 0.15) is 6.10 Å². The molecule has 0 saturated carbocycles. The first-order chi connectivity index (χ1) is 6.40. The van der Waals surface area contributed by atoms with Gasteiger partial charge in [0.25, 0.3) is 0 Å². The SMILES string of the molecule is C=C(C)C(=O)OC(C)C(CC)C(C)O. The van der Waals surface area contributed by atoms with Crippen LogP contribution in [0.4, 0.5) is 0 Å². The summed E-state index contributed by atoms with van der Waals surface area (Å²) in [5.74, 6) is -0.408. The zero-order valence-corrected chi connectivity index (χ0v) is 9.41. The van der Waals surface area contributed by atoms with Crippen LogP contribution in [0.3, 0.4) is 0 Å². The molecule has 3 nitrogen and oxygen atoms in total. The van der Waals surface area contributed by atoms with Gasteiger partial charge in [-0.1, -0.05) is 13.5 Å². The van der Waals surface area contributed by atoms with Crippen LogP contribution in [0.2, 0.25) is 0 Å². The maximum Gasteiger partial charge on any atom is 0.333 e. The maximum atomic E-state index is 11.2. The summed E-state index contributed by atoms with van der Waals surface area (Å²) < 4.78 is 5.13. The van der Waals surface area contributed by atoms with Crippen molar-refractivity contribution in [1.82, 2.24) is 0 Å². The van der Waals surface area contributed by atoms with Crippen LogP contribution in [0.15, 0.2) is 12.2 Å². The number of rotatable bonds is 5. The van der Waals surface area contributed by atoms with Crippen molar-refractivity contribution in [1.29, 1.82) is 0 Å². The highest BCUT2D eigenvalue weighted by Crippen LogP contribution is 2.17. The number of ether oxygens (including phenoxy) is 1. The molecular weight excluding hydrogens is 180 g/mol. The number of hydrogen-bond acceptors (Lipinski definition) is 3. The van der Waals surface area contributed by atoms with Crippen molar-refractivity contribution in [3.05, 3.63) is 12.2 Å². The van der Waals surface area contributed by atoms with Gasteiger partial charge < -0.3 is 9.84 Å². The van der Waals surface area contributed by atoms with Gasteiger partial charge in [0.2, 0.25) is 0 Å². The Morgan fingerprint density at radius 2 is 2.00 bits per heavy atom. The van der Waals surface area contributed by atoms with E-state index in [2.05, 4.69) is 6.58 Å². The van der Waals surface area contributed by atoms with Gasteiger partial charge in [-0.15, -0.1) is 0 Å². The number of carbonyl (C=O) groups excluding carboxylic acids is 1. The van der Waals surface area contributed by atoms with E-state index in [1.807, 2.05) is 6.92 Å². The third-order valence-corrected chi connectivity index (χ3v) is 2.34. The molecule has 3 heteroatoms. The fraction of sp³-hybridized carbons (Fsp3) is 0.727. The van der Waals surface area contributed by atoms with Gasteiger partial charge in [-0.3, -0.25) is 0 Å². The lowest BCUT2D eigenvalue weighted by Gasteiger charge is -2.25. The average molecular weight is 200 g/mol. The molecular formula is C11H20O3. The summed E-state index contributed by atoms with van der Waals surface area (Å²) >= 11 is 0.